The number of nitrogens with one attached hydrogen (secondary N) is 1. The van der Waals surface area contributed by atoms with E-state index < -0.39 is 11.5 Å². The highest BCUT2D eigenvalue weighted by molar-refractivity contribution is 5.86. The summed E-state index contributed by atoms with van der Waals surface area (Å²) in [5.74, 6) is -0.565. The van der Waals surface area contributed by atoms with Crippen molar-refractivity contribution < 1.29 is 14.7 Å². The smallest absolute Gasteiger partial charge is 0.329 e. The first-order valence-corrected chi connectivity index (χ1v) is 7.68. The predicted molar refractivity (Wildman–Crippen MR) is 78.7 cm³/mol. The molecule has 1 fully saturated rings. The third-order valence-corrected chi connectivity index (χ3v) is 4.20. The Morgan fingerprint density at radius 3 is 2.65 bits per heavy atom. The molecule has 0 saturated heterocycles. The van der Waals surface area contributed by atoms with Gasteiger partial charge < -0.3 is 15.3 Å². The molecule has 20 heavy (non-hydrogen) atoms. The lowest BCUT2D eigenvalue weighted by Gasteiger charge is -2.38. The van der Waals surface area contributed by atoms with Gasteiger partial charge in [-0.05, 0) is 25.2 Å². The number of urea groups is 1. The van der Waals surface area contributed by atoms with Crippen LogP contribution in [0, 0.1) is 5.92 Å². The van der Waals surface area contributed by atoms with Crippen molar-refractivity contribution in [3.8, 4) is 0 Å². The predicted octanol–water partition coefficient (Wildman–Crippen LogP) is 2.85. The zero-order valence-corrected chi connectivity index (χ0v) is 12.9. The van der Waals surface area contributed by atoms with E-state index in [4.69, 9.17) is 0 Å². The second kappa shape index (κ2) is 7.50. The van der Waals surface area contributed by atoms with Crippen LogP contribution in [0.25, 0.3) is 0 Å². The van der Waals surface area contributed by atoms with Crippen LogP contribution in [0.15, 0.2) is 0 Å². The average molecular weight is 284 g/mol. The normalized spacial score (nSPS) is 26.1. The lowest BCUT2D eigenvalue weighted by Crippen LogP contribution is -2.59. The number of rotatable bonds is 6. The molecule has 0 aliphatic heterocycles. The van der Waals surface area contributed by atoms with Gasteiger partial charge in [0.2, 0.25) is 0 Å². The van der Waals surface area contributed by atoms with Crippen LogP contribution in [0.1, 0.15) is 58.8 Å². The first-order valence-electron chi connectivity index (χ1n) is 7.68. The zero-order valence-electron chi connectivity index (χ0n) is 12.9. The molecule has 0 spiro atoms. The Kier molecular flexibility index (Phi) is 6.30. The van der Waals surface area contributed by atoms with Crippen molar-refractivity contribution in [1.29, 1.82) is 0 Å². The summed E-state index contributed by atoms with van der Waals surface area (Å²) >= 11 is 0. The number of nitrogens with zero attached hydrogens (tertiary/aromatic N) is 1. The van der Waals surface area contributed by atoms with Gasteiger partial charge in [0, 0.05) is 13.6 Å². The maximum atomic E-state index is 12.2. The number of carboxylic acid groups (broad SMARTS) is 1. The highest BCUT2D eigenvalue weighted by Gasteiger charge is 2.43. The molecule has 0 aromatic heterocycles. The van der Waals surface area contributed by atoms with Gasteiger partial charge in [-0.25, -0.2) is 9.59 Å². The van der Waals surface area contributed by atoms with Gasteiger partial charge in [0.15, 0.2) is 0 Å². The van der Waals surface area contributed by atoms with Crippen molar-refractivity contribution in [2.45, 2.75) is 64.3 Å². The van der Waals surface area contributed by atoms with E-state index in [2.05, 4.69) is 12.2 Å². The molecule has 5 heteroatoms. The van der Waals surface area contributed by atoms with Gasteiger partial charge in [-0.3, -0.25) is 0 Å². The Balaban J connectivity index is 2.61. The summed E-state index contributed by atoms with van der Waals surface area (Å²) in [6, 6.07) is -0.266. The first kappa shape index (κ1) is 16.8. The number of carbonyl (C=O) groups excluding carboxylic acids is 1. The molecule has 1 aliphatic carbocycles. The fraction of sp³-hybridized carbons (Fsp3) is 0.867. The topological polar surface area (TPSA) is 69.6 Å². The van der Waals surface area contributed by atoms with Crippen LogP contribution >= 0.6 is 0 Å². The average Bonchev–Trinajstić information content (AvgIpc) is 2.38. The lowest BCUT2D eigenvalue weighted by atomic mass is 9.76. The molecule has 0 bridgehead atoms. The van der Waals surface area contributed by atoms with Crippen LogP contribution in [0.2, 0.25) is 0 Å². The summed E-state index contributed by atoms with van der Waals surface area (Å²) in [5, 5.41) is 12.3. The molecule has 0 heterocycles. The van der Waals surface area contributed by atoms with Gasteiger partial charge in [0.05, 0.1) is 0 Å². The summed E-state index contributed by atoms with van der Waals surface area (Å²) < 4.78 is 0. The monoisotopic (exact) mass is 284 g/mol. The molecule has 0 radical (unpaired) electrons. The number of carbonyl (C=O) groups is 2. The molecule has 0 aromatic carbocycles. The Labute approximate surface area is 121 Å². The van der Waals surface area contributed by atoms with Crippen molar-refractivity contribution in [2.24, 2.45) is 5.92 Å². The van der Waals surface area contributed by atoms with E-state index in [0.717, 1.165) is 32.1 Å². The highest BCUT2D eigenvalue weighted by atomic mass is 16.4. The Morgan fingerprint density at radius 2 is 2.10 bits per heavy atom. The zero-order chi connectivity index (χ0) is 15.2. The first-order chi connectivity index (χ1) is 9.41. The summed E-state index contributed by atoms with van der Waals surface area (Å²) in [6.07, 6.45) is 6.09. The fourth-order valence-electron chi connectivity index (χ4n) is 2.91. The lowest BCUT2D eigenvalue weighted by molar-refractivity contribution is -0.146. The van der Waals surface area contributed by atoms with Gasteiger partial charge >= 0.3 is 12.0 Å². The number of unbranched alkanes of at least 4 members (excludes halogenated alkanes) is 2. The molecule has 2 N–H and O–H groups in total. The Morgan fingerprint density at radius 1 is 1.40 bits per heavy atom. The number of amides is 2. The summed E-state index contributed by atoms with van der Waals surface area (Å²) in [7, 11) is 1.73. The largest absolute Gasteiger partial charge is 0.480 e. The second-order valence-corrected chi connectivity index (χ2v) is 6.15. The van der Waals surface area contributed by atoms with Crippen LogP contribution in [0.5, 0.6) is 0 Å². The maximum absolute atomic E-state index is 12.2. The summed E-state index contributed by atoms with van der Waals surface area (Å²) in [4.78, 5) is 25.4. The van der Waals surface area contributed by atoms with Crippen LogP contribution in [0.4, 0.5) is 4.79 Å². The molecule has 2 unspecified atom stereocenters. The number of aliphatic carboxylic acids is 1. The van der Waals surface area contributed by atoms with Crippen molar-refractivity contribution in [3.63, 3.8) is 0 Å². The number of hydrogen-bond donors (Lipinski definition) is 2. The van der Waals surface area contributed by atoms with Crippen LogP contribution < -0.4 is 5.32 Å². The minimum absolute atomic E-state index is 0.266. The van der Waals surface area contributed by atoms with E-state index >= 15 is 0 Å². The molecule has 0 aromatic rings. The van der Waals surface area contributed by atoms with E-state index in [-0.39, 0.29) is 6.03 Å². The van der Waals surface area contributed by atoms with Gasteiger partial charge in [-0.2, -0.15) is 0 Å². The van der Waals surface area contributed by atoms with Crippen molar-refractivity contribution in [2.75, 3.05) is 13.6 Å². The minimum Gasteiger partial charge on any atom is -0.480 e. The number of hydrogen-bond acceptors (Lipinski definition) is 2. The van der Waals surface area contributed by atoms with Crippen molar-refractivity contribution >= 4 is 12.0 Å². The van der Waals surface area contributed by atoms with E-state index in [1.165, 1.54) is 0 Å². The van der Waals surface area contributed by atoms with E-state index in [9.17, 15) is 14.7 Å². The molecule has 2 amide bonds. The molecule has 116 valence electrons. The fourth-order valence-corrected chi connectivity index (χ4v) is 2.91. The van der Waals surface area contributed by atoms with Crippen LogP contribution in [-0.2, 0) is 4.79 Å². The van der Waals surface area contributed by atoms with E-state index in [0.29, 0.717) is 25.3 Å². The van der Waals surface area contributed by atoms with Gasteiger partial charge in [-0.1, -0.05) is 39.5 Å². The quantitative estimate of drug-likeness (QED) is 0.737. The second-order valence-electron chi connectivity index (χ2n) is 6.15. The Hall–Kier alpha value is -1.26. The molecular weight excluding hydrogens is 256 g/mol. The third-order valence-electron chi connectivity index (χ3n) is 4.20. The van der Waals surface area contributed by atoms with Gasteiger partial charge in [-0.15, -0.1) is 0 Å². The van der Waals surface area contributed by atoms with Crippen LogP contribution in [-0.4, -0.2) is 41.1 Å². The SMILES string of the molecule is CCCCCN(C)C(=O)NC1(C(=O)O)CCCC(C)C1. The highest BCUT2D eigenvalue weighted by Crippen LogP contribution is 2.32. The molecule has 5 nitrogen and oxygen atoms in total. The molecule has 1 aliphatic rings. The maximum Gasteiger partial charge on any atom is 0.329 e. The van der Waals surface area contributed by atoms with Crippen molar-refractivity contribution in [3.05, 3.63) is 0 Å². The third kappa shape index (κ3) is 4.39. The molecule has 1 saturated carbocycles. The van der Waals surface area contributed by atoms with Gasteiger partial charge in [0.25, 0.3) is 0 Å². The van der Waals surface area contributed by atoms with E-state index in [1.807, 2.05) is 6.92 Å². The Bertz CT molecular complexity index is 346. The molecular formula is C15H28N2O3. The standard InChI is InChI=1S/C15H28N2O3/c1-4-5-6-10-17(3)14(20)16-15(13(18)19)9-7-8-12(2)11-15/h12H,4-11H2,1-3H3,(H,16,20)(H,18,19). The summed E-state index contributed by atoms with van der Waals surface area (Å²) in [5.41, 5.74) is -1.08. The van der Waals surface area contributed by atoms with Gasteiger partial charge in [0.1, 0.15) is 5.54 Å². The summed E-state index contributed by atoms with van der Waals surface area (Å²) in [6.45, 7) is 4.84. The van der Waals surface area contributed by atoms with Crippen molar-refractivity contribution in [1.82, 2.24) is 10.2 Å². The molecule has 2 atom stereocenters. The minimum atomic E-state index is -1.08. The van der Waals surface area contributed by atoms with E-state index in [1.54, 1.807) is 11.9 Å². The number of carboxylic acids is 1. The molecule has 1 rings (SSSR count). The van der Waals surface area contributed by atoms with Crippen LogP contribution in [0.3, 0.4) is 0 Å².